The Hall–Kier alpha value is -1.90. The zero-order valence-corrected chi connectivity index (χ0v) is 10.8. The Bertz CT molecular complexity index is 519. The van der Waals surface area contributed by atoms with Crippen LogP contribution in [0.4, 0.5) is 5.82 Å². The first-order valence-electron chi connectivity index (χ1n) is 6.29. The summed E-state index contributed by atoms with van der Waals surface area (Å²) >= 11 is 0. The largest absolute Gasteiger partial charge is 0.378 e. The van der Waals surface area contributed by atoms with E-state index in [0.717, 1.165) is 6.42 Å². The lowest BCUT2D eigenvalue weighted by atomic mass is 10.0. The topological polar surface area (TPSA) is 77.2 Å². The molecule has 1 aromatic rings. The predicted molar refractivity (Wildman–Crippen MR) is 72.3 cm³/mol. The monoisotopic (exact) mass is 259 g/mol. The lowest BCUT2D eigenvalue weighted by molar-refractivity contribution is -0.121. The van der Waals surface area contributed by atoms with Crippen LogP contribution in [0, 0.1) is 17.8 Å². The van der Waals surface area contributed by atoms with Gasteiger partial charge in [0, 0.05) is 6.61 Å². The van der Waals surface area contributed by atoms with Gasteiger partial charge in [-0.2, -0.15) is 0 Å². The number of hydrogen-bond donors (Lipinski definition) is 2. The molecule has 1 fully saturated rings. The maximum atomic E-state index is 12.1. The van der Waals surface area contributed by atoms with E-state index in [0.29, 0.717) is 18.1 Å². The molecular formula is C14H17N3O2. The van der Waals surface area contributed by atoms with Crippen LogP contribution < -0.4 is 11.1 Å². The van der Waals surface area contributed by atoms with Crippen LogP contribution >= 0.6 is 0 Å². The third kappa shape index (κ3) is 3.53. The summed E-state index contributed by atoms with van der Waals surface area (Å²) in [6, 6.07) is 5.32. The van der Waals surface area contributed by atoms with Crippen molar-refractivity contribution in [2.24, 2.45) is 11.7 Å². The highest BCUT2D eigenvalue weighted by Crippen LogP contribution is 2.21. The predicted octanol–water partition coefficient (Wildman–Crippen LogP) is 0.755. The minimum atomic E-state index is -0.111. The van der Waals surface area contributed by atoms with Crippen molar-refractivity contribution in [3.8, 4) is 11.8 Å². The van der Waals surface area contributed by atoms with Gasteiger partial charge in [-0.3, -0.25) is 4.79 Å². The van der Waals surface area contributed by atoms with Gasteiger partial charge in [-0.15, -0.1) is 0 Å². The van der Waals surface area contributed by atoms with E-state index >= 15 is 0 Å². The van der Waals surface area contributed by atoms with E-state index in [1.54, 1.807) is 18.2 Å². The third-order valence-corrected chi connectivity index (χ3v) is 3.03. The van der Waals surface area contributed by atoms with Gasteiger partial charge in [-0.1, -0.05) is 12.0 Å². The number of ether oxygens (including phenoxy) is 1. The van der Waals surface area contributed by atoms with Crippen molar-refractivity contribution in [3.05, 3.63) is 23.9 Å². The summed E-state index contributed by atoms with van der Waals surface area (Å²) in [6.07, 6.45) is 0.708. The van der Waals surface area contributed by atoms with Crippen molar-refractivity contribution in [2.75, 3.05) is 18.5 Å². The molecule has 5 heteroatoms. The summed E-state index contributed by atoms with van der Waals surface area (Å²) in [6.45, 7) is 2.83. The van der Waals surface area contributed by atoms with Gasteiger partial charge >= 0.3 is 0 Å². The van der Waals surface area contributed by atoms with E-state index in [4.69, 9.17) is 10.5 Å². The quantitative estimate of drug-likeness (QED) is 0.769. The summed E-state index contributed by atoms with van der Waals surface area (Å²) in [4.78, 5) is 16.3. The summed E-state index contributed by atoms with van der Waals surface area (Å²) in [5.74, 6) is 5.91. The molecule has 0 bridgehead atoms. The zero-order chi connectivity index (χ0) is 13.7. The molecule has 1 amide bonds. The number of carbonyl (C=O) groups is 1. The number of amides is 1. The van der Waals surface area contributed by atoms with Gasteiger partial charge in [-0.25, -0.2) is 4.98 Å². The molecule has 19 heavy (non-hydrogen) atoms. The molecule has 5 nitrogen and oxygen atoms in total. The zero-order valence-electron chi connectivity index (χ0n) is 10.8. The molecule has 1 aliphatic rings. The third-order valence-electron chi connectivity index (χ3n) is 3.03. The first kappa shape index (κ1) is 13.5. The number of rotatable bonds is 2. The van der Waals surface area contributed by atoms with Gasteiger partial charge in [0.05, 0.1) is 18.6 Å². The van der Waals surface area contributed by atoms with E-state index in [1.165, 1.54) is 0 Å². The standard InChI is InChI=1S/C14H17N3O2/c1-10-12(7-9-19-10)14(18)17-13-6-2-4-11(16-13)5-3-8-15/h2,4,6,10,12H,7-9,15H2,1H3,(H,16,17,18). The Morgan fingerprint density at radius 3 is 3.16 bits per heavy atom. The molecule has 2 unspecified atom stereocenters. The number of nitrogens with two attached hydrogens (primary N) is 1. The average Bonchev–Trinajstić information content (AvgIpc) is 2.83. The maximum absolute atomic E-state index is 12.1. The van der Waals surface area contributed by atoms with E-state index < -0.39 is 0 Å². The molecule has 3 N–H and O–H groups in total. The fraction of sp³-hybridized carbons (Fsp3) is 0.429. The Morgan fingerprint density at radius 1 is 1.63 bits per heavy atom. The highest BCUT2D eigenvalue weighted by Gasteiger charge is 2.30. The molecule has 2 atom stereocenters. The minimum Gasteiger partial charge on any atom is -0.378 e. The molecule has 1 saturated heterocycles. The molecule has 1 aliphatic heterocycles. The highest BCUT2D eigenvalue weighted by atomic mass is 16.5. The number of nitrogens with zero attached hydrogens (tertiary/aromatic N) is 1. The SMILES string of the molecule is CC1OCCC1C(=O)Nc1cccc(C#CCN)n1. The Balaban J connectivity index is 2.04. The van der Waals surface area contributed by atoms with Gasteiger partial charge in [0.15, 0.2) is 0 Å². The second-order valence-corrected chi connectivity index (χ2v) is 4.37. The molecular weight excluding hydrogens is 242 g/mol. The lowest BCUT2D eigenvalue weighted by Gasteiger charge is -2.13. The molecule has 0 aromatic carbocycles. The highest BCUT2D eigenvalue weighted by molar-refractivity contribution is 5.92. The second kappa shape index (κ2) is 6.32. The van der Waals surface area contributed by atoms with Gasteiger partial charge in [-0.05, 0) is 31.4 Å². The maximum Gasteiger partial charge on any atom is 0.231 e. The van der Waals surface area contributed by atoms with E-state index in [-0.39, 0.29) is 24.5 Å². The van der Waals surface area contributed by atoms with Crippen LogP contribution in [-0.2, 0) is 9.53 Å². The van der Waals surface area contributed by atoms with E-state index in [2.05, 4.69) is 22.1 Å². The molecule has 0 spiro atoms. The number of aromatic nitrogens is 1. The van der Waals surface area contributed by atoms with Crippen LogP contribution in [0.15, 0.2) is 18.2 Å². The summed E-state index contributed by atoms with van der Waals surface area (Å²) < 4.78 is 5.38. The summed E-state index contributed by atoms with van der Waals surface area (Å²) in [7, 11) is 0. The summed E-state index contributed by atoms with van der Waals surface area (Å²) in [5.41, 5.74) is 5.90. The van der Waals surface area contributed by atoms with Crippen LogP contribution in [0.1, 0.15) is 19.0 Å². The number of carbonyl (C=O) groups excluding carboxylic acids is 1. The fourth-order valence-electron chi connectivity index (χ4n) is 2.01. The second-order valence-electron chi connectivity index (χ2n) is 4.37. The molecule has 0 radical (unpaired) electrons. The van der Waals surface area contributed by atoms with Crippen molar-refractivity contribution in [1.82, 2.24) is 4.98 Å². The smallest absolute Gasteiger partial charge is 0.231 e. The molecule has 2 rings (SSSR count). The normalized spacial score (nSPS) is 21.6. The van der Waals surface area contributed by atoms with Crippen LogP contribution in [0.2, 0.25) is 0 Å². The molecule has 1 aromatic heterocycles. The average molecular weight is 259 g/mol. The number of pyridine rings is 1. The number of anilines is 1. The van der Waals surface area contributed by atoms with E-state index in [1.807, 2.05) is 6.92 Å². The summed E-state index contributed by atoms with van der Waals surface area (Å²) in [5, 5.41) is 2.80. The van der Waals surface area contributed by atoms with Crippen molar-refractivity contribution in [1.29, 1.82) is 0 Å². The first-order chi connectivity index (χ1) is 9.20. The Morgan fingerprint density at radius 2 is 2.47 bits per heavy atom. The van der Waals surface area contributed by atoms with Gasteiger partial charge in [0.2, 0.25) is 5.91 Å². The van der Waals surface area contributed by atoms with Gasteiger partial charge in [0.1, 0.15) is 11.5 Å². The van der Waals surface area contributed by atoms with Crippen LogP contribution in [0.3, 0.4) is 0 Å². The van der Waals surface area contributed by atoms with E-state index in [9.17, 15) is 4.79 Å². The molecule has 0 aliphatic carbocycles. The molecule has 100 valence electrons. The van der Waals surface area contributed by atoms with Crippen LogP contribution in [0.25, 0.3) is 0 Å². The Labute approximate surface area is 112 Å². The number of hydrogen-bond acceptors (Lipinski definition) is 4. The van der Waals surface area contributed by atoms with Crippen molar-refractivity contribution in [3.63, 3.8) is 0 Å². The Kier molecular flexibility index (Phi) is 4.50. The van der Waals surface area contributed by atoms with Crippen molar-refractivity contribution < 1.29 is 9.53 Å². The first-order valence-corrected chi connectivity index (χ1v) is 6.29. The van der Waals surface area contributed by atoms with Crippen molar-refractivity contribution in [2.45, 2.75) is 19.4 Å². The fourth-order valence-corrected chi connectivity index (χ4v) is 2.01. The van der Waals surface area contributed by atoms with Gasteiger partial charge in [0.25, 0.3) is 0 Å². The lowest BCUT2D eigenvalue weighted by Crippen LogP contribution is -2.28. The minimum absolute atomic E-state index is 0.0415. The van der Waals surface area contributed by atoms with Gasteiger partial charge < -0.3 is 15.8 Å². The van der Waals surface area contributed by atoms with Crippen LogP contribution in [-0.4, -0.2) is 30.1 Å². The van der Waals surface area contributed by atoms with Crippen molar-refractivity contribution >= 4 is 11.7 Å². The molecule has 0 saturated carbocycles. The van der Waals surface area contributed by atoms with Crippen LogP contribution in [0.5, 0.6) is 0 Å². The number of nitrogens with one attached hydrogen (secondary N) is 1. The molecule has 2 heterocycles.